The normalized spacial score (nSPS) is 30.6. The molecule has 1 aliphatic heterocycles. The highest BCUT2D eigenvalue weighted by Crippen LogP contribution is 2.34. The van der Waals surface area contributed by atoms with Gasteiger partial charge in [0.25, 0.3) is 0 Å². The van der Waals surface area contributed by atoms with E-state index >= 15 is 0 Å². The van der Waals surface area contributed by atoms with Gasteiger partial charge < -0.3 is 4.74 Å². The standard InChI is InChI=1S/C15H18Cl2O2/c1-8-9(2)19-10(3)15(8)14(18)6-11-4-5-12(16)7-13(11)17/h4-5,7-10,15H,6H2,1-3H3. The fourth-order valence-electron chi connectivity index (χ4n) is 2.79. The van der Waals surface area contributed by atoms with Gasteiger partial charge in [0.15, 0.2) is 0 Å². The zero-order valence-corrected chi connectivity index (χ0v) is 12.8. The number of ether oxygens (including phenoxy) is 1. The number of carbonyl (C=O) groups excluding carboxylic acids is 1. The van der Waals surface area contributed by atoms with Crippen molar-refractivity contribution in [3.05, 3.63) is 33.8 Å². The third-order valence-corrected chi connectivity index (χ3v) is 4.58. The molecule has 0 N–H and O–H groups in total. The zero-order chi connectivity index (χ0) is 14.2. The van der Waals surface area contributed by atoms with Crippen LogP contribution in [0.25, 0.3) is 0 Å². The lowest BCUT2D eigenvalue weighted by molar-refractivity contribution is -0.124. The summed E-state index contributed by atoms with van der Waals surface area (Å²) < 4.78 is 5.72. The average Bonchev–Trinajstić information content (AvgIpc) is 2.57. The second-order valence-corrected chi connectivity index (χ2v) is 6.15. The van der Waals surface area contributed by atoms with Gasteiger partial charge in [0.05, 0.1) is 12.2 Å². The van der Waals surface area contributed by atoms with E-state index in [1.165, 1.54) is 0 Å². The Morgan fingerprint density at radius 1 is 1.21 bits per heavy atom. The van der Waals surface area contributed by atoms with Crippen molar-refractivity contribution < 1.29 is 9.53 Å². The van der Waals surface area contributed by atoms with Gasteiger partial charge in [-0.1, -0.05) is 36.2 Å². The molecular weight excluding hydrogens is 283 g/mol. The number of ketones is 1. The Morgan fingerprint density at radius 2 is 1.89 bits per heavy atom. The van der Waals surface area contributed by atoms with Gasteiger partial charge in [0, 0.05) is 22.4 Å². The molecule has 4 heteroatoms. The summed E-state index contributed by atoms with van der Waals surface area (Å²) in [6.07, 6.45) is 0.444. The van der Waals surface area contributed by atoms with E-state index in [1.54, 1.807) is 12.1 Å². The number of hydrogen-bond donors (Lipinski definition) is 0. The first-order valence-corrected chi connectivity index (χ1v) is 7.28. The molecule has 1 aliphatic rings. The summed E-state index contributed by atoms with van der Waals surface area (Å²) in [4.78, 5) is 12.4. The lowest BCUT2D eigenvalue weighted by Crippen LogP contribution is -2.28. The lowest BCUT2D eigenvalue weighted by Gasteiger charge is -2.17. The fourth-order valence-corrected chi connectivity index (χ4v) is 3.27. The molecule has 1 saturated heterocycles. The smallest absolute Gasteiger partial charge is 0.143 e. The van der Waals surface area contributed by atoms with E-state index in [0.29, 0.717) is 16.5 Å². The molecule has 4 unspecified atom stereocenters. The van der Waals surface area contributed by atoms with Crippen LogP contribution in [-0.4, -0.2) is 18.0 Å². The van der Waals surface area contributed by atoms with Crippen LogP contribution in [0.3, 0.4) is 0 Å². The van der Waals surface area contributed by atoms with Gasteiger partial charge in [-0.2, -0.15) is 0 Å². The van der Waals surface area contributed by atoms with E-state index in [-0.39, 0.29) is 29.8 Å². The van der Waals surface area contributed by atoms with Gasteiger partial charge in [-0.3, -0.25) is 4.79 Å². The molecule has 0 aromatic heterocycles. The summed E-state index contributed by atoms with van der Waals surface area (Å²) >= 11 is 12.0. The molecule has 2 nitrogen and oxygen atoms in total. The molecule has 19 heavy (non-hydrogen) atoms. The molecule has 1 fully saturated rings. The second-order valence-electron chi connectivity index (χ2n) is 5.31. The average molecular weight is 301 g/mol. The highest BCUT2D eigenvalue weighted by Gasteiger charge is 2.41. The number of hydrogen-bond acceptors (Lipinski definition) is 2. The molecule has 1 aromatic carbocycles. The molecule has 0 saturated carbocycles. The predicted molar refractivity (Wildman–Crippen MR) is 77.8 cm³/mol. The SMILES string of the molecule is CC1OC(C)C(C(=O)Cc2ccc(Cl)cc2Cl)C1C. The van der Waals surface area contributed by atoms with Crippen LogP contribution in [0.1, 0.15) is 26.3 Å². The minimum Gasteiger partial charge on any atom is -0.375 e. The fraction of sp³-hybridized carbons (Fsp3) is 0.533. The van der Waals surface area contributed by atoms with Gasteiger partial charge in [-0.05, 0) is 37.5 Å². The minimum absolute atomic E-state index is 0.0245. The summed E-state index contributed by atoms with van der Waals surface area (Å²) in [5.41, 5.74) is 0.829. The van der Waals surface area contributed by atoms with Crippen molar-refractivity contribution in [1.29, 1.82) is 0 Å². The summed E-state index contributed by atoms with van der Waals surface area (Å²) in [6, 6.07) is 5.25. The Balaban J connectivity index is 2.13. The van der Waals surface area contributed by atoms with Gasteiger partial charge in [0.1, 0.15) is 5.78 Å². The largest absolute Gasteiger partial charge is 0.375 e. The van der Waals surface area contributed by atoms with E-state index in [1.807, 2.05) is 19.9 Å². The maximum Gasteiger partial charge on any atom is 0.143 e. The third-order valence-electron chi connectivity index (χ3n) is 3.99. The molecule has 4 atom stereocenters. The van der Waals surface area contributed by atoms with Crippen LogP contribution in [0.15, 0.2) is 18.2 Å². The molecule has 1 aromatic rings. The Bertz CT molecular complexity index is 487. The highest BCUT2D eigenvalue weighted by molar-refractivity contribution is 6.35. The van der Waals surface area contributed by atoms with Crippen LogP contribution >= 0.6 is 23.2 Å². The summed E-state index contributed by atoms with van der Waals surface area (Å²) in [5.74, 6) is 0.379. The highest BCUT2D eigenvalue weighted by atomic mass is 35.5. The number of benzene rings is 1. The van der Waals surface area contributed by atoms with E-state index in [4.69, 9.17) is 27.9 Å². The van der Waals surface area contributed by atoms with E-state index in [9.17, 15) is 4.79 Å². The molecule has 0 spiro atoms. The maximum absolute atomic E-state index is 12.4. The first kappa shape index (κ1) is 14.8. The lowest BCUT2D eigenvalue weighted by atomic mass is 9.84. The van der Waals surface area contributed by atoms with Gasteiger partial charge in [-0.25, -0.2) is 0 Å². The minimum atomic E-state index is -0.0539. The van der Waals surface area contributed by atoms with E-state index in [2.05, 4.69) is 6.92 Å². The zero-order valence-electron chi connectivity index (χ0n) is 11.3. The van der Waals surface area contributed by atoms with Crippen molar-refractivity contribution in [1.82, 2.24) is 0 Å². The summed E-state index contributed by atoms with van der Waals surface area (Å²) in [7, 11) is 0. The first-order valence-electron chi connectivity index (χ1n) is 6.52. The molecular formula is C15H18Cl2O2. The van der Waals surface area contributed by atoms with Gasteiger partial charge >= 0.3 is 0 Å². The van der Waals surface area contributed by atoms with Crippen LogP contribution < -0.4 is 0 Å². The quantitative estimate of drug-likeness (QED) is 0.837. The Labute approximate surface area is 124 Å². The topological polar surface area (TPSA) is 26.3 Å². The number of Topliss-reactive ketones (excluding diaryl/α,β-unsaturated/α-hetero) is 1. The molecule has 1 heterocycles. The molecule has 104 valence electrons. The summed E-state index contributed by atoms with van der Waals surface area (Å²) in [6.45, 7) is 6.05. The van der Waals surface area contributed by atoms with Gasteiger partial charge in [0.2, 0.25) is 0 Å². The Morgan fingerprint density at radius 3 is 2.42 bits per heavy atom. The predicted octanol–water partition coefficient (Wildman–Crippen LogP) is 4.16. The monoisotopic (exact) mass is 300 g/mol. The van der Waals surface area contributed by atoms with Crippen molar-refractivity contribution in [2.45, 2.75) is 39.4 Å². The van der Waals surface area contributed by atoms with Crippen molar-refractivity contribution in [3.8, 4) is 0 Å². The first-order chi connectivity index (χ1) is 8.90. The van der Waals surface area contributed by atoms with Crippen molar-refractivity contribution in [3.63, 3.8) is 0 Å². The van der Waals surface area contributed by atoms with E-state index < -0.39 is 0 Å². The van der Waals surface area contributed by atoms with Crippen molar-refractivity contribution in [2.75, 3.05) is 0 Å². The number of carbonyl (C=O) groups is 1. The van der Waals surface area contributed by atoms with E-state index in [0.717, 1.165) is 5.56 Å². The molecule has 0 bridgehead atoms. The molecule has 2 rings (SSSR count). The molecule has 0 radical (unpaired) electrons. The second kappa shape index (κ2) is 5.82. The van der Waals surface area contributed by atoms with Crippen LogP contribution in [0.5, 0.6) is 0 Å². The van der Waals surface area contributed by atoms with Gasteiger partial charge in [-0.15, -0.1) is 0 Å². The molecule has 0 aliphatic carbocycles. The Hall–Kier alpha value is -0.570. The maximum atomic E-state index is 12.4. The van der Waals surface area contributed by atoms with Crippen LogP contribution in [0, 0.1) is 11.8 Å². The number of rotatable bonds is 3. The van der Waals surface area contributed by atoms with Crippen LogP contribution in [-0.2, 0) is 16.0 Å². The van der Waals surface area contributed by atoms with Crippen molar-refractivity contribution >= 4 is 29.0 Å². The number of halogens is 2. The van der Waals surface area contributed by atoms with Crippen molar-refractivity contribution in [2.24, 2.45) is 11.8 Å². The van der Waals surface area contributed by atoms with Crippen LogP contribution in [0.4, 0.5) is 0 Å². The molecule has 0 amide bonds. The Kier molecular flexibility index (Phi) is 4.54. The van der Waals surface area contributed by atoms with Crippen LogP contribution in [0.2, 0.25) is 10.0 Å². The third kappa shape index (κ3) is 3.13. The summed E-state index contributed by atoms with van der Waals surface area (Å²) in [5, 5.41) is 1.13.